The lowest BCUT2D eigenvalue weighted by molar-refractivity contribution is -0.385. The fraction of sp³-hybridized carbons (Fsp3) is 0.125. The number of carboxylic acid groups (broad SMARTS) is 1. The van der Waals surface area contributed by atoms with Crippen LogP contribution in [0.3, 0.4) is 0 Å². The van der Waals surface area contributed by atoms with E-state index in [2.05, 4.69) is 0 Å². The maximum absolute atomic E-state index is 10.6. The third kappa shape index (κ3) is 1.64. The van der Waals surface area contributed by atoms with Gasteiger partial charge in [0, 0.05) is 6.07 Å². The molecule has 0 heterocycles. The molecule has 13 heavy (non-hydrogen) atoms. The average molecular weight is 182 g/mol. The number of benzene rings is 1. The predicted octanol–water partition coefficient (Wildman–Crippen LogP) is 1.60. The Bertz CT molecular complexity index is 372. The van der Waals surface area contributed by atoms with Crippen LogP contribution >= 0.6 is 0 Å². The highest BCUT2D eigenvalue weighted by atomic mass is 16.6. The number of aromatic carboxylic acids is 1. The molecule has 1 N–H and O–H groups in total. The van der Waals surface area contributed by atoms with Gasteiger partial charge >= 0.3 is 5.97 Å². The minimum Gasteiger partial charge on any atom is -0.477 e. The highest BCUT2D eigenvalue weighted by molar-refractivity contribution is 5.93. The number of hydrogen-bond acceptors (Lipinski definition) is 3. The maximum atomic E-state index is 10.6. The van der Waals surface area contributed by atoms with Crippen molar-refractivity contribution in [2.75, 3.05) is 0 Å². The lowest BCUT2D eigenvalue weighted by Crippen LogP contribution is -2.04. The van der Waals surface area contributed by atoms with Gasteiger partial charge in [0.05, 0.1) is 4.92 Å². The van der Waals surface area contributed by atoms with Crippen molar-refractivity contribution in [1.29, 1.82) is 0 Å². The highest BCUT2D eigenvalue weighted by Crippen LogP contribution is 2.21. The molecule has 68 valence electrons. The number of carboxylic acids is 1. The molecule has 0 unspecified atom stereocenters. The van der Waals surface area contributed by atoms with Gasteiger partial charge in [0.2, 0.25) is 0 Å². The number of nitrogens with zero attached hydrogens (tertiary/aromatic N) is 1. The van der Waals surface area contributed by atoms with Gasteiger partial charge in [-0.2, -0.15) is 0 Å². The number of rotatable bonds is 2. The normalized spacial score (nSPS) is 9.62. The molecule has 0 aromatic heterocycles. The number of hydrogen-bond donors (Lipinski definition) is 1. The Labute approximate surface area is 73.8 Å². The number of carbonyl (C=O) groups is 1. The van der Waals surface area contributed by atoms with Gasteiger partial charge < -0.3 is 5.11 Å². The first-order valence-corrected chi connectivity index (χ1v) is 3.51. The molecule has 5 heteroatoms. The summed E-state index contributed by atoms with van der Waals surface area (Å²) in [7, 11) is 0. The van der Waals surface area contributed by atoms with Gasteiger partial charge in [-0.1, -0.05) is 12.1 Å². The minimum atomic E-state index is -1.27. The van der Waals surface area contributed by atoms with Crippen LogP contribution in [0.25, 0.3) is 0 Å². The molecular formula is C8H7NO4. The van der Waals surface area contributed by atoms with Crippen LogP contribution in [0.2, 0.25) is 0 Å². The molecule has 0 spiro atoms. The first kappa shape index (κ1) is 9.18. The van der Waals surface area contributed by atoms with E-state index in [1.165, 1.54) is 25.1 Å². The Morgan fingerprint density at radius 3 is 2.54 bits per heavy atom. The Kier molecular flexibility index (Phi) is 2.27. The van der Waals surface area contributed by atoms with E-state index in [9.17, 15) is 14.9 Å². The Morgan fingerprint density at radius 1 is 1.54 bits per heavy atom. The second-order valence-electron chi connectivity index (χ2n) is 2.53. The zero-order valence-electron chi connectivity index (χ0n) is 6.85. The van der Waals surface area contributed by atoms with Crippen LogP contribution < -0.4 is 0 Å². The fourth-order valence-corrected chi connectivity index (χ4v) is 1.08. The van der Waals surface area contributed by atoms with Crippen LogP contribution in [0.4, 0.5) is 5.69 Å². The van der Waals surface area contributed by atoms with Gasteiger partial charge in [0.1, 0.15) is 5.56 Å². The topological polar surface area (TPSA) is 80.4 Å². The van der Waals surface area contributed by atoms with Crippen molar-refractivity contribution >= 4 is 11.7 Å². The summed E-state index contributed by atoms with van der Waals surface area (Å²) in [6.07, 6.45) is 0. The molecule has 0 fully saturated rings. The van der Waals surface area contributed by atoms with E-state index in [0.717, 1.165) is 0 Å². The van der Waals surface area contributed by atoms with Crippen molar-refractivity contribution in [2.45, 2.75) is 6.92 Å². The standard InChI is InChI=1S/C8H7NO4/c1-5-3-2-4-6(9(12)13)7(5)8(10)11/h2-4H,1H3,(H,10,11)/i8+1. The van der Waals surface area contributed by atoms with Gasteiger partial charge in [-0.15, -0.1) is 0 Å². The van der Waals surface area contributed by atoms with Crippen LogP contribution in [-0.4, -0.2) is 16.0 Å². The second-order valence-corrected chi connectivity index (χ2v) is 2.53. The Morgan fingerprint density at radius 2 is 2.15 bits per heavy atom. The molecule has 0 aliphatic rings. The molecule has 1 aromatic carbocycles. The molecule has 0 atom stereocenters. The maximum Gasteiger partial charge on any atom is 0.343 e. The van der Waals surface area contributed by atoms with Crippen LogP contribution in [0.15, 0.2) is 18.2 Å². The SMILES string of the molecule is Cc1cccc([N+](=O)[O-])c1[13C](=O)O. The molecule has 0 aliphatic carbocycles. The molecule has 1 aromatic rings. The zero-order chi connectivity index (χ0) is 10.0. The monoisotopic (exact) mass is 182 g/mol. The van der Waals surface area contributed by atoms with Crippen molar-refractivity contribution in [3.05, 3.63) is 39.4 Å². The minimum absolute atomic E-state index is 0.243. The van der Waals surface area contributed by atoms with E-state index in [-0.39, 0.29) is 11.3 Å². The number of aryl methyl sites for hydroxylation is 1. The van der Waals surface area contributed by atoms with Crippen molar-refractivity contribution < 1.29 is 14.8 Å². The molecule has 1 rings (SSSR count). The van der Waals surface area contributed by atoms with Crippen molar-refractivity contribution in [1.82, 2.24) is 0 Å². The number of nitro groups is 1. The molecule has 0 saturated carbocycles. The quantitative estimate of drug-likeness (QED) is 0.428. The van der Waals surface area contributed by atoms with E-state index in [1.807, 2.05) is 0 Å². The Balaban J connectivity index is 3.43. The highest BCUT2D eigenvalue weighted by Gasteiger charge is 2.20. The smallest absolute Gasteiger partial charge is 0.343 e. The first-order valence-electron chi connectivity index (χ1n) is 3.51. The van der Waals surface area contributed by atoms with Crippen molar-refractivity contribution in [2.24, 2.45) is 0 Å². The van der Waals surface area contributed by atoms with Gasteiger partial charge in [-0.05, 0) is 12.5 Å². The summed E-state index contributed by atoms with van der Waals surface area (Å²) in [4.78, 5) is 20.4. The third-order valence-corrected chi connectivity index (χ3v) is 1.66. The van der Waals surface area contributed by atoms with Crippen LogP contribution in [0, 0.1) is 17.0 Å². The molecule has 0 amide bonds. The van der Waals surface area contributed by atoms with Crippen LogP contribution in [0.5, 0.6) is 0 Å². The zero-order valence-corrected chi connectivity index (χ0v) is 6.85. The predicted molar refractivity (Wildman–Crippen MR) is 44.8 cm³/mol. The Hall–Kier alpha value is -1.91. The van der Waals surface area contributed by atoms with Gasteiger partial charge in [0.15, 0.2) is 0 Å². The average Bonchev–Trinajstić information content (AvgIpc) is 2.02. The van der Waals surface area contributed by atoms with E-state index in [1.54, 1.807) is 0 Å². The van der Waals surface area contributed by atoms with Crippen molar-refractivity contribution in [3.63, 3.8) is 0 Å². The van der Waals surface area contributed by atoms with Gasteiger partial charge in [0.25, 0.3) is 5.69 Å². The second kappa shape index (κ2) is 3.22. The van der Waals surface area contributed by atoms with Gasteiger partial charge in [-0.25, -0.2) is 4.79 Å². The van der Waals surface area contributed by atoms with Gasteiger partial charge in [-0.3, -0.25) is 10.1 Å². The van der Waals surface area contributed by atoms with E-state index >= 15 is 0 Å². The lowest BCUT2D eigenvalue weighted by Gasteiger charge is -2.00. The molecule has 0 aliphatic heterocycles. The summed E-state index contributed by atoms with van der Waals surface area (Å²) in [6, 6.07) is 4.16. The summed E-state index contributed by atoms with van der Waals surface area (Å²) in [5.74, 6) is -1.27. The van der Waals surface area contributed by atoms with E-state index in [4.69, 9.17) is 5.11 Å². The molecule has 0 radical (unpaired) electrons. The van der Waals surface area contributed by atoms with E-state index in [0.29, 0.717) is 5.56 Å². The fourth-order valence-electron chi connectivity index (χ4n) is 1.08. The van der Waals surface area contributed by atoms with Crippen LogP contribution in [-0.2, 0) is 0 Å². The first-order chi connectivity index (χ1) is 6.04. The molecule has 5 nitrogen and oxygen atoms in total. The van der Waals surface area contributed by atoms with Crippen molar-refractivity contribution in [3.8, 4) is 0 Å². The largest absolute Gasteiger partial charge is 0.477 e. The lowest BCUT2D eigenvalue weighted by atomic mass is 10.1. The summed E-state index contributed by atoms with van der Waals surface area (Å²) >= 11 is 0. The summed E-state index contributed by atoms with van der Waals surface area (Å²) in [5.41, 5.74) is -0.221. The third-order valence-electron chi connectivity index (χ3n) is 1.66. The summed E-state index contributed by atoms with van der Waals surface area (Å²) < 4.78 is 0. The summed E-state index contributed by atoms with van der Waals surface area (Å²) in [6.45, 7) is 1.52. The molecule has 0 bridgehead atoms. The van der Waals surface area contributed by atoms with E-state index < -0.39 is 10.9 Å². The molecular weight excluding hydrogens is 175 g/mol. The summed E-state index contributed by atoms with van der Waals surface area (Å²) in [5, 5.41) is 19.1. The number of nitro benzene ring substituents is 1. The van der Waals surface area contributed by atoms with Crippen LogP contribution in [0.1, 0.15) is 15.9 Å². The molecule has 0 saturated heterocycles.